The first-order valence-corrected chi connectivity index (χ1v) is 8.29. The zero-order valence-corrected chi connectivity index (χ0v) is 12.9. The predicted octanol–water partition coefficient (Wildman–Crippen LogP) is 4.23. The lowest BCUT2D eigenvalue weighted by molar-refractivity contribution is 0.0601. The van der Waals surface area contributed by atoms with E-state index in [-0.39, 0.29) is 5.97 Å². The van der Waals surface area contributed by atoms with Crippen LogP contribution < -0.4 is 0 Å². The molecule has 0 saturated carbocycles. The van der Waals surface area contributed by atoms with Gasteiger partial charge in [-0.05, 0) is 42.7 Å². The Morgan fingerprint density at radius 2 is 2.25 bits per heavy atom. The first kappa shape index (κ1) is 13.5. The number of thiophene rings is 2. The van der Waals surface area contributed by atoms with Crippen LogP contribution in [0.4, 0.5) is 5.00 Å². The fraction of sp³-hybridized carbons (Fsp3) is 0.333. The van der Waals surface area contributed by atoms with Crippen molar-refractivity contribution in [1.29, 1.82) is 0 Å². The molecule has 0 amide bonds. The molecule has 2 aromatic rings. The van der Waals surface area contributed by atoms with Gasteiger partial charge in [0.1, 0.15) is 5.00 Å². The first-order chi connectivity index (χ1) is 9.79. The van der Waals surface area contributed by atoms with E-state index in [1.807, 2.05) is 23.7 Å². The lowest BCUT2D eigenvalue weighted by atomic mass is 9.95. The Balaban J connectivity index is 2.01. The molecule has 5 heteroatoms. The number of aliphatic imine (C=N–C) groups is 1. The average Bonchev–Trinajstić information content (AvgIpc) is 3.11. The topological polar surface area (TPSA) is 38.7 Å². The van der Waals surface area contributed by atoms with Crippen LogP contribution in [0.5, 0.6) is 0 Å². The number of nitrogens with zero attached hydrogens (tertiary/aromatic N) is 1. The van der Waals surface area contributed by atoms with Gasteiger partial charge in [-0.15, -0.1) is 22.7 Å². The van der Waals surface area contributed by atoms with Crippen molar-refractivity contribution in [3.8, 4) is 0 Å². The summed E-state index contributed by atoms with van der Waals surface area (Å²) in [7, 11) is 1.43. The van der Waals surface area contributed by atoms with Crippen LogP contribution in [0.1, 0.15) is 38.5 Å². The maximum atomic E-state index is 12.0. The van der Waals surface area contributed by atoms with Gasteiger partial charge in [0, 0.05) is 16.0 Å². The molecule has 0 radical (unpaired) electrons. The van der Waals surface area contributed by atoms with Crippen molar-refractivity contribution in [2.75, 3.05) is 7.11 Å². The lowest BCUT2D eigenvalue weighted by Crippen LogP contribution is -2.07. The van der Waals surface area contributed by atoms with Crippen LogP contribution >= 0.6 is 22.7 Å². The summed E-state index contributed by atoms with van der Waals surface area (Å²) < 4.78 is 4.93. The Labute approximate surface area is 125 Å². The zero-order chi connectivity index (χ0) is 13.9. The molecule has 2 heterocycles. The second-order valence-electron chi connectivity index (χ2n) is 4.66. The van der Waals surface area contributed by atoms with Crippen LogP contribution in [-0.2, 0) is 17.6 Å². The quantitative estimate of drug-likeness (QED) is 0.629. The highest BCUT2D eigenvalue weighted by atomic mass is 32.1. The smallest absolute Gasteiger partial charge is 0.341 e. The van der Waals surface area contributed by atoms with Gasteiger partial charge in [-0.1, -0.05) is 6.07 Å². The number of esters is 1. The van der Waals surface area contributed by atoms with E-state index in [9.17, 15) is 4.79 Å². The predicted molar refractivity (Wildman–Crippen MR) is 83.9 cm³/mol. The maximum absolute atomic E-state index is 12.0. The van der Waals surface area contributed by atoms with Gasteiger partial charge in [0.05, 0.1) is 12.7 Å². The largest absolute Gasteiger partial charge is 0.465 e. The Hall–Kier alpha value is -1.46. The Morgan fingerprint density at radius 3 is 3.00 bits per heavy atom. The van der Waals surface area contributed by atoms with Crippen LogP contribution in [0.15, 0.2) is 22.5 Å². The third-order valence-corrected chi connectivity index (χ3v) is 5.40. The molecule has 1 aliphatic rings. The Morgan fingerprint density at radius 1 is 1.40 bits per heavy atom. The SMILES string of the molecule is COC(=O)c1c(N=Cc2cccs2)sc2c1CCCC2. The average molecular weight is 305 g/mol. The Bertz CT molecular complexity index is 641. The van der Waals surface area contributed by atoms with Crippen molar-refractivity contribution >= 4 is 39.9 Å². The van der Waals surface area contributed by atoms with Gasteiger partial charge < -0.3 is 4.74 Å². The van der Waals surface area contributed by atoms with Gasteiger partial charge in [-0.2, -0.15) is 0 Å². The number of carbonyl (C=O) groups is 1. The van der Waals surface area contributed by atoms with Crippen molar-refractivity contribution < 1.29 is 9.53 Å². The standard InChI is InChI=1S/C15H15NO2S2/c1-18-15(17)13-11-6-2-3-7-12(11)20-14(13)16-9-10-5-4-8-19-10/h4-5,8-9H,2-3,6-7H2,1H3. The van der Waals surface area contributed by atoms with E-state index in [1.165, 1.54) is 18.4 Å². The summed E-state index contributed by atoms with van der Waals surface area (Å²) in [4.78, 5) is 19.0. The normalized spacial score (nSPS) is 14.4. The summed E-state index contributed by atoms with van der Waals surface area (Å²) in [6.45, 7) is 0. The highest BCUT2D eigenvalue weighted by Gasteiger charge is 2.25. The van der Waals surface area contributed by atoms with Gasteiger partial charge in [0.25, 0.3) is 0 Å². The highest BCUT2D eigenvalue weighted by Crippen LogP contribution is 2.40. The van der Waals surface area contributed by atoms with Gasteiger partial charge in [-0.3, -0.25) is 0 Å². The molecular weight excluding hydrogens is 290 g/mol. The molecular formula is C15H15NO2S2. The third-order valence-electron chi connectivity index (χ3n) is 3.39. The van der Waals surface area contributed by atoms with E-state index >= 15 is 0 Å². The number of fused-ring (bicyclic) bond motifs is 1. The monoisotopic (exact) mass is 305 g/mol. The van der Waals surface area contributed by atoms with Gasteiger partial charge in [0.2, 0.25) is 0 Å². The molecule has 3 nitrogen and oxygen atoms in total. The number of hydrogen-bond donors (Lipinski definition) is 0. The number of ether oxygens (including phenoxy) is 1. The molecule has 0 aliphatic heterocycles. The van der Waals surface area contributed by atoms with Crippen molar-refractivity contribution in [3.05, 3.63) is 38.4 Å². The Kier molecular flexibility index (Phi) is 3.98. The molecule has 1 aliphatic carbocycles. The molecule has 0 spiro atoms. The molecule has 0 saturated heterocycles. The van der Waals surface area contributed by atoms with E-state index in [0.29, 0.717) is 5.56 Å². The molecule has 3 rings (SSSR count). The van der Waals surface area contributed by atoms with Crippen LogP contribution in [-0.4, -0.2) is 19.3 Å². The zero-order valence-electron chi connectivity index (χ0n) is 11.2. The van der Waals surface area contributed by atoms with Crippen molar-refractivity contribution in [2.24, 2.45) is 4.99 Å². The molecule has 0 N–H and O–H groups in total. The summed E-state index contributed by atoms with van der Waals surface area (Å²) in [5.41, 5.74) is 1.84. The van der Waals surface area contributed by atoms with E-state index in [4.69, 9.17) is 4.74 Å². The van der Waals surface area contributed by atoms with Crippen molar-refractivity contribution in [2.45, 2.75) is 25.7 Å². The van der Waals surface area contributed by atoms with Crippen molar-refractivity contribution in [1.82, 2.24) is 0 Å². The third kappa shape index (κ3) is 2.55. The van der Waals surface area contributed by atoms with Crippen LogP contribution in [0.3, 0.4) is 0 Å². The number of hydrogen-bond acceptors (Lipinski definition) is 5. The van der Waals surface area contributed by atoms with Gasteiger partial charge >= 0.3 is 5.97 Å². The fourth-order valence-corrected chi connectivity index (χ4v) is 4.25. The van der Waals surface area contributed by atoms with Crippen LogP contribution in [0.2, 0.25) is 0 Å². The van der Waals surface area contributed by atoms with Crippen molar-refractivity contribution in [3.63, 3.8) is 0 Å². The number of rotatable bonds is 3. The molecule has 0 bridgehead atoms. The minimum absolute atomic E-state index is 0.261. The number of carbonyl (C=O) groups excluding carboxylic acids is 1. The van der Waals surface area contributed by atoms with E-state index in [0.717, 1.165) is 34.7 Å². The van der Waals surface area contributed by atoms with E-state index in [2.05, 4.69) is 4.99 Å². The minimum atomic E-state index is -0.261. The fourth-order valence-electron chi connectivity index (χ4n) is 2.44. The lowest BCUT2D eigenvalue weighted by Gasteiger charge is -2.11. The molecule has 0 unspecified atom stereocenters. The second-order valence-corrected chi connectivity index (χ2v) is 6.72. The summed E-state index contributed by atoms with van der Waals surface area (Å²) in [5.74, 6) is -0.261. The first-order valence-electron chi connectivity index (χ1n) is 6.60. The highest BCUT2D eigenvalue weighted by molar-refractivity contribution is 7.16. The van der Waals surface area contributed by atoms with Gasteiger partial charge in [0.15, 0.2) is 0 Å². The summed E-state index contributed by atoms with van der Waals surface area (Å²) in [5, 5.41) is 2.80. The van der Waals surface area contributed by atoms with E-state index in [1.54, 1.807) is 22.7 Å². The molecule has 104 valence electrons. The minimum Gasteiger partial charge on any atom is -0.465 e. The van der Waals surface area contributed by atoms with Gasteiger partial charge in [-0.25, -0.2) is 9.79 Å². The van der Waals surface area contributed by atoms with Crippen LogP contribution in [0, 0.1) is 0 Å². The summed E-state index contributed by atoms with van der Waals surface area (Å²) in [6, 6.07) is 4.01. The number of aryl methyl sites for hydroxylation is 1. The van der Waals surface area contributed by atoms with Crippen LogP contribution in [0.25, 0.3) is 0 Å². The summed E-state index contributed by atoms with van der Waals surface area (Å²) >= 11 is 3.27. The summed E-state index contributed by atoms with van der Waals surface area (Å²) in [6.07, 6.45) is 6.18. The maximum Gasteiger partial charge on any atom is 0.341 e. The molecule has 20 heavy (non-hydrogen) atoms. The molecule has 0 aromatic carbocycles. The second kappa shape index (κ2) is 5.89. The molecule has 2 aromatic heterocycles. The van der Waals surface area contributed by atoms with E-state index < -0.39 is 0 Å². The molecule has 0 atom stereocenters. The molecule has 0 fully saturated rings. The number of methoxy groups -OCH3 is 1.